The molecule has 36 heavy (non-hydrogen) atoms. The van der Waals surface area contributed by atoms with Crippen molar-refractivity contribution in [2.45, 2.75) is 155 Å². The topological polar surface area (TPSA) is 35.5 Å². The smallest absolute Gasteiger partial charge is 0.341 e. The molecule has 1 rings (SSSR count). The molecular formula is C33H58O3. The minimum atomic E-state index is -0.253. The van der Waals surface area contributed by atoms with Gasteiger partial charge >= 0.3 is 5.97 Å². The highest BCUT2D eigenvalue weighted by Gasteiger charge is 2.13. The molecule has 0 saturated heterocycles. The SMILES string of the molecule is CCCCCCCCCCCCCOC(=O)c1ccccc1OCCCCCCCCCCCCC. The van der Waals surface area contributed by atoms with Crippen molar-refractivity contribution in [3.05, 3.63) is 29.8 Å². The van der Waals surface area contributed by atoms with Gasteiger partial charge in [-0.25, -0.2) is 4.79 Å². The predicted molar refractivity (Wildman–Crippen MR) is 155 cm³/mol. The molecule has 0 radical (unpaired) electrons. The van der Waals surface area contributed by atoms with Gasteiger partial charge in [-0.3, -0.25) is 0 Å². The Morgan fingerprint density at radius 1 is 0.528 bits per heavy atom. The van der Waals surface area contributed by atoms with Gasteiger partial charge in [0.15, 0.2) is 0 Å². The van der Waals surface area contributed by atoms with E-state index in [0.717, 1.165) is 19.3 Å². The third-order valence-electron chi connectivity index (χ3n) is 7.09. The summed E-state index contributed by atoms with van der Waals surface area (Å²) in [6, 6.07) is 7.51. The molecule has 0 amide bonds. The van der Waals surface area contributed by atoms with Crippen molar-refractivity contribution < 1.29 is 14.3 Å². The summed E-state index contributed by atoms with van der Waals surface area (Å²) in [5.41, 5.74) is 0.559. The van der Waals surface area contributed by atoms with Crippen molar-refractivity contribution in [2.75, 3.05) is 13.2 Å². The van der Waals surface area contributed by atoms with Gasteiger partial charge in [0.25, 0.3) is 0 Å². The molecule has 0 aliphatic heterocycles. The Morgan fingerprint density at radius 2 is 0.917 bits per heavy atom. The number of carbonyl (C=O) groups is 1. The van der Waals surface area contributed by atoms with Crippen molar-refractivity contribution in [1.82, 2.24) is 0 Å². The molecule has 1 aromatic carbocycles. The second kappa shape index (κ2) is 25.2. The number of unbranched alkanes of at least 4 members (excludes halogenated alkanes) is 20. The van der Waals surface area contributed by atoms with Gasteiger partial charge in [0.2, 0.25) is 0 Å². The van der Waals surface area contributed by atoms with Crippen LogP contribution in [0.25, 0.3) is 0 Å². The van der Waals surface area contributed by atoms with Crippen LogP contribution >= 0.6 is 0 Å². The molecule has 0 saturated carbocycles. The van der Waals surface area contributed by atoms with Crippen LogP contribution in [-0.2, 0) is 4.74 Å². The Hall–Kier alpha value is -1.51. The molecule has 0 unspecified atom stereocenters. The van der Waals surface area contributed by atoms with E-state index >= 15 is 0 Å². The Kier molecular flexibility index (Phi) is 22.7. The van der Waals surface area contributed by atoms with Crippen molar-refractivity contribution in [3.63, 3.8) is 0 Å². The minimum Gasteiger partial charge on any atom is -0.493 e. The maximum Gasteiger partial charge on any atom is 0.341 e. The first-order chi connectivity index (χ1) is 17.8. The molecule has 0 bridgehead atoms. The van der Waals surface area contributed by atoms with E-state index in [1.54, 1.807) is 0 Å². The standard InChI is InChI=1S/C33H58O3/c1-3-5-7-9-11-13-15-17-19-21-25-29-35-32-28-24-23-27-31(32)33(34)36-30-26-22-20-18-16-14-12-10-8-6-4-2/h23-24,27-28H,3-22,25-26,29-30H2,1-2H3. The number of benzene rings is 1. The third-order valence-corrected chi connectivity index (χ3v) is 7.09. The number of hydrogen-bond donors (Lipinski definition) is 0. The molecule has 0 aromatic heterocycles. The molecule has 0 aliphatic carbocycles. The maximum absolute atomic E-state index is 12.6. The highest BCUT2D eigenvalue weighted by atomic mass is 16.5. The highest BCUT2D eigenvalue weighted by Crippen LogP contribution is 2.20. The lowest BCUT2D eigenvalue weighted by Gasteiger charge is -2.11. The average molecular weight is 503 g/mol. The molecule has 0 heterocycles. The molecule has 0 atom stereocenters. The fraction of sp³-hybridized carbons (Fsp3) is 0.788. The summed E-state index contributed by atoms with van der Waals surface area (Å²) < 4.78 is 11.5. The fourth-order valence-corrected chi connectivity index (χ4v) is 4.72. The van der Waals surface area contributed by atoms with E-state index in [9.17, 15) is 4.79 Å². The Morgan fingerprint density at radius 3 is 1.39 bits per heavy atom. The van der Waals surface area contributed by atoms with E-state index in [-0.39, 0.29) is 5.97 Å². The molecule has 3 nitrogen and oxygen atoms in total. The van der Waals surface area contributed by atoms with E-state index in [1.807, 2.05) is 24.3 Å². The highest BCUT2D eigenvalue weighted by molar-refractivity contribution is 5.92. The molecule has 0 fully saturated rings. The largest absolute Gasteiger partial charge is 0.493 e. The minimum absolute atomic E-state index is 0.253. The van der Waals surface area contributed by atoms with Crippen molar-refractivity contribution in [2.24, 2.45) is 0 Å². The summed E-state index contributed by atoms with van der Waals surface area (Å²) in [6.07, 6.45) is 28.7. The van der Waals surface area contributed by atoms with Gasteiger partial charge in [0.1, 0.15) is 11.3 Å². The summed E-state index contributed by atoms with van der Waals surface area (Å²) in [5, 5.41) is 0. The van der Waals surface area contributed by atoms with Crippen molar-refractivity contribution >= 4 is 5.97 Å². The van der Waals surface area contributed by atoms with Crippen LogP contribution in [0.4, 0.5) is 0 Å². The van der Waals surface area contributed by atoms with Crippen LogP contribution in [0.2, 0.25) is 0 Å². The normalized spacial score (nSPS) is 11.1. The van der Waals surface area contributed by atoms with Gasteiger partial charge in [-0.05, 0) is 25.0 Å². The van der Waals surface area contributed by atoms with Crippen LogP contribution in [0.15, 0.2) is 24.3 Å². The lowest BCUT2D eigenvalue weighted by Crippen LogP contribution is -2.09. The fourth-order valence-electron chi connectivity index (χ4n) is 4.72. The number of carbonyl (C=O) groups excluding carboxylic acids is 1. The monoisotopic (exact) mass is 502 g/mol. The van der Waals surface area contributed by atoms with E-state index in [2.05, 4.69) is 13.8 Å². The van der Waals surface area contributed by atoms with Gasteiger partial charge < -0.3 is 9.47 Å². The summed E-state index contributed by atoms with van der Waals surface area (Å²) in [7, 11) is 0. The molecular weight excluding hydrogens is 444 g/mol. The van der Waals surface area contributed by atoms with Gasteiger partial charge in [-0.1, -0.05) is 154 Å². The number of ether oxygens (including phenoxy) is 2. The Balaban J connectivity index is 2.04. The first-order valence-electron chi connectivity index (χ1n) is 15.7. The predicted octanol–water partition coefficient (Wildman–Crippen LogP) is 10.8. The number of hydrogen-bond acceptors (Lipinski definition) is 3. The molecule has 0 N–H and O–H groups in total. The third kappa shape index (κ3) is 18.7. The van der Waals surface area contributed by atoms with Crippen LogP contribution in [0, 0.1) is 0 Å². The van der Waals surface area contributed by atoms with Crippen molar-refractivity contribution in [3.8, 4) is 5.75 Å². The van der Waals surface area contributed by atoms with Gasteiger partial charge in [0.05, 0.1) is 13.2 Å². The second-order valence-corrected chi connectivity index (χ2v) is 10.6. The van der Waals surface area contributed by atoms with Crippen LogP contribution < -0.4 is 4.74 Å². The quantitative estimate of drug-likeness (QED) is 0.0933. The van der Waals surface area contributed by atoms with E-state index < -0.39 is 0 Å². The average Bonchev–Trinajstić information content (AvgIpc) is 2.90. The number of para-hydroxylation sites is 1. The molecule has 0 spiro atoms. The van der Waals surface area contributed by atoms with Crippen molar-refractivity contribution in [1.29, 1.82) is 0 Å². The number of esters is 1. The Labute approximate surface area is 224 Å². The summed E-state index contributed by atoms with van der Waals surface area (Å²) in [4.78, 5) is 12.6. The molecule has 208 valence electrons. The van der Waals surface area contributed by atoms with Gasteiger partial charge in [-0.15, -0.1) is 0 Å². The summed E-state index contributed by atoms with van der Waals surface area (Å²) >= 11 is 0. The van der Waals surface area contributed by atoms with Gasteiger partial charge in [-0.2, -0.15) is 0 Å². The Bertz CT molecular complexity index is 613. The number of rotatable bonds is 26. The van der Waals surface area contributed by atoms with E-state index in [1.165, 1.54) is 122 Å². The zero-order valence-electron chi connectivity index (χ0n) is 24.0. The van der Waals surface area contributed by atoms with Crippen LogP contribution in [-0.4, -0.2) is 19.2 Å². The zero-order chi connectivity index (χ0) is 25.9. The first kappa shape index (κ1) is 32.5. The molecule has 1 aromatic rings. The van der Waals surface area contributed by atoms with E-state index in [0.29, 0.717) is 24.5 Å². The van der Waals surface area contributed by atoms with Crippen LogP contribution in [0.3, 0.4) is 0 Å². The van der Waals surface area contributed by atoms with Crippen LogP contribution in [0.1, 0.15) is 165 Å². The lowest BCUT2D eigenvalue weighted by molar-refractivity contribution is 0.0493. The van der Waals surface area contributed by atoms with Gasteiger partial charge in [0, 0.05) is 0 Å². The molecule has 3 heteroatoms. The maximum atomic E-state index is 12.6. The molecule has 0 aliphatic rings. The zero-order valence-corrected chi connectivity index (χ0v) is 24.0. The first-order valence-corrected chi connectivity index (χ1v) is 15.7. The van der Waals surface area contributed by atoms with E-state index in [4.69, 9.17) is 9.47 Å². The van der Waals surface area contributed by atoms with Crippen LogP contribution in [0.5, 0.6) is 5.75 Å². The second-order valence-electron chi connectivity index (χ2n) is 10.6. The summed E-state index contributed by atoms with van der Waals surface area (Å²) in [6.45, 7) is 5.71. The lowest BCUT2D eigenvalue weighted by atomic mass is 10.1. The summed E-state index contributed by atoms with van der Waals surface area (Å²) in [5.74, 6) is 0.408.